The van der Waals surface area contributed by atoms with Gasteiger partial charge in [-0.25, -0.2) is 8.78 Å². The second-order valence-corrected chi connectivity index (χ2v) is 4.90. The predicted molar refractivity (Wildman–Crippen MR) is 78.3 cm³/mol. The highest BCUT2D eigenvalue weighted by atomic mass is 35.5. The van der Waals surface area contributed by atoms with Gasteiger partial charge in [0.15, 0.2) is 5.82 Å². The van der Waals surface area contributed by atoms with Gasteiger partial charge >= 0.3 is 0 Å². The maximum Gasteiger partial charge on any atom is 0.257 e. The van der Waals surface area contributed by atoms with Crippen molar-refractivity contribution in [2.45, 2.75) is 6.42 Å². The van der Waals surface area contributed by atoms with Crippen molar-refractivity contribution in [3.63, 3.8) is 0 Å². The Morgan fingerprint density at radius 2 is 2.00 bits per heavy atom. The van der Waals surface area contributed by atoms with E-state index in [-0.39, 0.29) is 12.2 Å². The van der Waals surface area contributed by atoms with Crippen molar-refractivity contribution >= 4 is 23.2 Å². The van der Waals surface area contributed by atoms with Crippen LogP contribution in [-0.2, 0) is 6.42 Å². The lowest BCUT2D eigenvalue weighted by molar-refractivity contribution is 0.0946. The summed E-state index contributed by atoms with van der Waals surface area (Å²) in [4.78, 5) is 11.8. The van der Waals surface area contributed by atoms with E-state index in [1.54, 1.807) is 18.2 Å². The van der Waals surface area contributed by atoms with E-state index >= 15 is 0 Å². The van der Waals surface area contributed by atoms with Crippen LogP contribution >= 0.6 is 11.6 Å². The summed E-state index contributed by atoms with van der Waals surface area (Å²) in [5.41, 5.74) is 5.31. The summed E-state index contributed by atoms with van der Waals surface area (Å²) < 4.78 is 27.2. The van der Waals surface area contributed by atoms with Crippen molar-refractivity contribution in [1.29, 1.82) is 0 Å². The molecule has 21 heavy (non-hydrogen) atoms. The maximum absolute atomic E-state index is 13.7. The van der Waals surface area contributed by atoms with E-state index in [4.69, 9.17) is 17.3 Å². The van der Waals surface area contributed by atoms with E-state index in [9.17, 15) is 13.6 Å². The molecule has 0 saturated carbocycles. The third-order valence-electron chi connectivity index (χ3n) is 2.94. The lowest BCUT2D eigenvalue weighted by Gasteiger charge is -2.08. The largest absolute Gasteiger partial charge is 0.396 e. The molecule has 0 aromatic heterocycles. The van der Waals surface area contributed by atoms with E-state index in [2.05, 4.69) is 5.32 Å². The molecule has 2 aromatic carbocycles. The monoisotopic (exact) mass is 310 g/mol. The fraction of sp³-hybridized carbons (Fsp3) is 0.133. The summed E-state index contributed by atoms with van der Waals surface area (Å²) in [5.74, 6) is -2.82. The average molecular weight is 311 g/mol. The number of benzene rings is 2. The number of nitrogens with one attached hydrogen (secondary N) is 1. The van der Waals surface area contributed by atoms with Gasteiger partial charge in [0.2, 0.25) is 0 Å². The Morgan fingerprint density at radius 3 is 2.71 bits per heavy atom. The number of halogens is 3. The number of amides is 1. The Bertz CT molecular complexity index is 677. The van der Waals surface area contributed by atoms with E-state index in [1.807, 2.05) is 6.07 Å². The van der Waals surface area contributed by atoms with Gasteiger partial charge in [-0.05, 0) is 36.2 Å². The van der Waals surface area contributed by atoms with Crippen LogP contribution < -0.4 is 11.1 Å². The van der Waals surface area contributed by atoms with Crippen LogP contribution in [-0.4, -0.2) is 12.5 Å². The highest BCUT2D eigenvalue weighted by molar-refractivity contribution is 6.30. The number of rotatable bonds is 4. The molecule has 3 N–H and O–H groups in total. The Kier molecular flexibility index (Phi) is 4.75. The molecule has 0 fully saturated rings. The Balaban J connectivity index is 2.01. The van der Waals surface area contributed by atoms with Crippen molar-refractivity contribution in [2.24, 2.45) is 0 Å². The van der Waals surface area contributed by atoms with Crippen molar-refractivity contribution in [1.82, 2.24) is 5.32 Å². The van der Waals surface area contributed by atoms with Crippen molar-refractivity contribution < 1.29 is 13.6 Å². The lowest BCUT2D eigenvalue weighted by atomic mass is 10.1. The molecular weight excluding hydrogens is 298 g/mol. The van der Waals surface area contributed by atoms with E-state index in [0.29, 0.717) is 11.4 Å². The quantitative estimate of drug-likeness (QED) is 0.852. The molecular formula is C15H13ClF2N2O. The first-order valence-corrected chi connectivity index (χ1v) is 6.63. The van der Waals surface area contributed by atoms with Crippen LogP contribution in [0.15, 0.2) is 36.4 Å². The molecule has 2 aromatic rings. The van der Waals surface area contributed by atoms with Crippen LogP contribution in [0.5, 0.6) is 0 Å². The predicted octanol–water partition coefficient (Wildman–Crippen LogP) is 3.17. The normalized spacial score (nSPS) is 10.4. The molecule has 0 bridgehead atoms. The van der Waals surface area contributed by atoms with Gasteiger partial charge in [0, 0.05) is 11.6 Å². The van der Waals surface area contributed by atoms with Crippen molar-refractivity contribution in [2.75, 3.05) is 12.3 Å². The minimum absolute atomic E-state index is 0.229. The zero-order valence-electron chi connectivity index (χ0n) is 11.0. The van der Waals surface area contributed by atoms with Gasteiger partial charge in [-0.2, -0.15) is 0 Å². The summed E-state index contributed by atoms with van der Waals surface area (Å²) >= 11 is 5.84. The van der Waals surface area contributed by atoms with Crippen LogP contribution in [0.3, 0.4) is 0 Å². The third-order valence-corrected chi connectivity index (χ3v) is 3.17. The Labute approximate surface area is 125 Å². The van der Waals surface area contributed by atoms with Gasteiger partial charge < -0.3 is 11.1 Å². The molecule has 0 radical (unpaired) electrons. The molecule has 0 heterocycles. The van der Waals surface area contributed by atoms with Crippen LogP contribution in [0.25, 0.3) is 0 Å². The fourth-order valence-electron chi connectivity index (χ4n) is 1.88. The van der Waals surface area contributed by atoms with E-state index in [1.165, 1.54) is 0 Å². The zero-order valence-corrected chi connectivity index (χ0v) is 11.8. The van der Waals surface area contributed by atoms with Gasteiger partial charge in [-0.3, -0.25) is 4.79 Å². The first-order valence-electron chi connectivity index (χ1n) is 6.25. The van der Waals surface area contributed by atoms with Gasteiger partial charge in [0.25, 0.3) is 5.91 Å². The molecule has 1 amide bonds. The molecule has 0 saturated heterocycles. The summed E-state index contributed by atoms with van der Waals surface area (Å²) in [7, 11) is 0. The van der Waals surface area contributed by atoms with Crippen LogP contribution in [0, 0.1) is 11.6 Å². The molecule has 0 unspecified atom stereocenters. The van der Waals surface area contributed by atoms with E-state index < -0.39 is 23.1 Å². The number of hydrogen-bond acceptors (Lipinski definition) is 2. The molecule has 0 spiro atoms. The second-order valence-electron chi connectivity index (χ2n) is 4.46. The standard InChI is InChI=1S/C15H13ClF2N2O/c16-10-3-1-2-9(8-10)6-7-20-15(21)13-11(17)4-5-12(19)14(13)18/h1-5,8H,6-7,19H2,(H,20,21). The molecule has 0 aliphatic carbocycles. The number of carbonyl (C=O) groups is 1. The summed E-state index contributed by atoms with van der Waals surface area (Å²) in [6.45, 7) is 0.229. The van der Waals surface area contributed by atoms with Crippen molar-refractivity contribution in [3.8, 4) is 0 Å². The van der Waals surface area contributed by atoms with Gasteiger partial charge in [0.05, 0.1) is 5.69 Å². The smallest absolute Gasteiger partial charge is 0.257 e. The Hall–Kier alpha value is -2.14. The van der Waals surface area contributed by atoms with Crippen LogP contribution in [0.2, 0.25) is 5.02 Å². The number of nitrogen functional groups attached to an aromatic ring is 1. The molecule has 3 nitrogen and oxygen atoms in total. The number of anilines is 1. The molecule has 2 rings (SSSR count). The average Bonchev–Trinajstić information content (AvgIpc) is 2.43. The van der Waals surface area contributed by atoms with Crippen molar-refractivity contribution in [3.05, 3.63) is 64.2 Å². The first-order chi connectivity index (χ1) is 9.99. The molecule has 0 aliphatic rings. The number of carbonyl (C=O) groups excluding carboxylic acids is 1. The van der Waals surface area contributed by atoms with Gasteiger partial charge in [0.1, 0.15) is 11.4 Å². The zero-order chi connectivity index (χ0) is 15.4. The molecule has 0 aliphatic heterocycles. The van der Waals surface area contributed by atoms with E-state index in [0.717, 1.165) is 17.7 Å². The molecule has 110 valence electrons. The SMILES string of the molecule is Nc1ccc(F)c(C(=O)NCCc2cccc(Cl)c2)c1F. The summed E-state index contributed by atoms with van der Waals surface area (Å²) in [6, 6.07) is 9.17. The molecule has 6 heteroatoms. The number of hydrogen-bond donors (Lipinski definition) is 2. The van der Waals surface area contributed by atoms with Gasteiger partial charge in [-0.1, -0.05) is 23.7 Å². The summed E-state index contributed by atoms with van der Waals surface area (Å²) in [5, 5.41) is 3.05. The molecule has 0 atom stereocenters. The first kappa shape index (κ1) is 15.3. The fourth-order valence-corrected chi connectivity index (χ4v) is 2.09. The second kappa shape index (κ2) is 6.54. The summed E-state index contributed by atoms with van der Waals surface area (Å²) in [6.07, 6.45) is 0.498. The lowest BCUT2D eigenvalue weighted by Crippen LogP contribution is -2.27. The maximum atomic E-state index is 13.7. The Morgan fingerprint density at radius 1 is 1.24 bits per heavy atom. The highest BCUT2D eigenvalue weighted by Crippen LogP contribution is 2.18. The number of nitrogens with two attached hydrogens (primary N) is 1. The third kappa shape index (κ3) is 3.70. The van der Waals surface area contributed by atoms with Crippen LogP contribution in [0.1, 0.15) is 15.9 Å². The minimum atomic E-state index is -1.05. The topological polar surface area (TPSA) is 55.1 Å². The van der Waals surface area contributed by atoms with Gasteiger partial charge in [-0.15, -0.1) is 0 Å². The minimum Gasteiger partial charge on any atom is -0.396 e. The van der Waals surface area contributed by atoms with Crippen LogP contribution in [0.4, 0.5) is 14.5 Å². The highest BCUT2D eigenvalue weighted by Gasteiger charge is 2.19.